The third-order valence-corrected chi connectivity index (χ3v) is 3.72. The van der Waals surface area contributed by atoms with Crippen LogP contribution in [0.1, 0.15) is 13.8 Å². The number of ether oxygens (including phenoxy) is 1. The van der Waals surface area contributed by atoms with Gasteiger partial charge in [-0.1, -0.05) is 0 Å². The number of urea groups is 1. The Kier molecular flexibility index (Phi) is 7.07. The molecule has 5 nitrogen and oxygen atoms in total. The molecule has 134 valence electrons. The zero-order valence-electron chi connectivity index (χ0n) is 14.6. The maximum Gasteiger partial charge on any atom is 0.319 e. The van der Waals surface area contributed by atoms with Gasteiger partial charge in [0.05, 0.1) is 6.54 Å². The molecule has 2 rings (SSSR count). The first-order valence-corrected chi connectivity index (χ1v) is 8.40. The van der Waals surface area contributed by atoms with Crippen LogP contribution in [0.5, 0.6) is 5.75 Å². The Balaban J connectivity index is 1.72. The summed E-state index contributed by atoms with van der Waals surface area (Å²) in [6, 6.07) is 13.2. The van der Waals surface area contributed by atoms with E-state index in [0.29, 0.717) is 18.9 Å². The number of carbonyl (C=O) groups excluding carboxylic acids is 1. The first-order chi connectivity index (χ1) is 12.1. The molecule has 2 aromatic carbocycles. The Labute approximate surface area is 147 Å². The van der Waals surface area contributed by atoms with Crippen LogP contribution in [-0.2, 0) is 0 Å². The first kappa shape index (κ1) is 18.6. The van der Waals surface area contributed by atoms with Gasteiger partial charge in [0, 0.05) is 24.5 Å². The summed E-state index contributed by atoms with van der Waals surface area (Å²) < 4.78 is 18.2. The monoisotopic (exact) mass is 345 g/mol. The summed E-state index contributed by atoms with van der Waals surface area (Å²) in [5.41, 5.74) is 1.86. The number of benzene rings is 2. The molecule has 0 aromatic heterocycles. The van der Waals surface area contributed by atoms with E-state index in [9.17, 15) is 9.18 Å². The van der Waals surface area contributed by atoms with E-state index >= 15 is 0 Å². The smallest absolute Gasteiger partial charge is 0.319 e. The Morgan fingerprint density at radius 1 is 1.04 bits per heavy atom. The van der Waals surface area contributed by atoms with Gasteiger partial charge in [-0.25, -0.2) is 9.18 Å². The molecule has 0 aliphatic heterocycles. The molecule has 0 radical (unpaired) electrons. The second-order valence-electron chi connectivity index (χ2n) is 5.40. The first-order valence-electron chi connectivity index (χ1n) is 8.40. The third-order valence-electron chi connectivity index (χ3n) is 3.72. The van der Waals surface area contributed by atoms with E-state index in [2.05, 4.69) is 29.4 Å². The molecule has 0 atom stereocenters. The standard InChI is InChI=1S/C19H24FN3O2/c1-3-23(4-2)17-9-7-16(8-10-17)22-19(24)21-13-14-25-18-11-5-15(20)6-12-18/h5-12H,3-4,13-14H2,1-2H3,(H2,21,22,24). The van der Waals surface area contributed by atoms with E-state index in [-0.39, 0.29) is 11.8 Å². The van der Waals surface area contributed by atoms with Gasteiger partial charge in [0.15, 0.2) is 0 Å². The number of anilines is 2. The molecule has 0 unspecified atom stereocenters. The lowest BCUT2D eigenvalue weighted by molar-refractivity contribution is 0.247. The molecule has 2 N–H and O–H groups in total. The summed E-state index contributed by atoms with van der Waals surface area (Å²) in [6.07, 6.45) is 0. The van der Waals surface area contributed by atoms with Gasteiger partial charge in [-0.15, -0.1) is 0 Å². The van der Waals surface area contributed by atoms with Crippen LogP contribution in [0.25, 0.3) is 0 Å². The average Bonchev–Trinajstić information content (AvgIpc) is 2.63. The summed E-state index contributed by atoms with van der Waals surface area (Å²) >= 11 is 0. The molecule has 0 spiro atoms. The van der Waals surface area contributed by atoms with Crippen molar-refractivity contribution in [2.75, 3.05) is 36.5 Å². The van der Waals surface area contributed by atoms with Crippen LogP contribution in [0.2, 0.25) is 0 Å². The Bertz CT molecular complexity index is 655. The predicted molar refractivity (Wildman–Crippen MR) is 98.9 cm³/mol. The number of hydrogen-bond donors (Lipinski definition) is 2. The summed E-state index contributed by atoms with van der Waals surface area (Å²) in [7, 11) is 0. The van der Waals surface area contributed by atoms with Crippen LogP contribution >= 0.6 is 0 Å². The van der Waals surface area contributed by atoms with E-state index in [1.165, 1.54) is 12.1 Å². The highest BCUT2D eigenvalue weighted by molar-refractivity contribution is 5.89. The van der Waals surface area contributed by atoms with Crippen LogP contribution in [0.3, 0.4) is 0 Å². The fourth-order valence-corrected chi connectivity index (χ4v) is 2.38. The van der Waals surface area contributed by atoms with Crippen molar-refractivity contribution in [3.05, 3.63) is 54.3 Å². The molecule has 0 saturated heterocycles. The number of amides is 2. The topological polar surface area (TPSA) is 53.6 Å². The van der Waals surface area contributed by atoms with Gasteiger partial charge in [-0.3, -0.25) is 0 Å². The van der Waals surface area contributed by atoms with Gasteiger partial charge in [0.1, 0.15) is 18.2 Å². The van der Waals surface area contributed by atoms with Crippen LogP contribution in [-0.4, -0.2) is 32.3 Å². The van der Waals surface area contributed by atoms with Crippen molar-refractivity contribution in [3.63, 3.8) is 0 Å². The van der Waals surface area contributed by atoms with Gasteiger partial charge < -0.3 is 20.3 Å². The summed E-state index contributed by atoms with van der Waals surface area (Å²) in [6.45, 7) is 6.75. The van der Waals surface area contributed by atoms with Gasteiger partial charge in [-0.05, 0) is 62.4 Å². The number of nitrogens with zero attached hydrogens (tertiary/aromatic N) is 1. The van der Waals surface area contributed by atoms with E-state index in [1.54, 1.807) is 12.1 Å². The highest BCUT2D eigenvalue weighted by atomic mass is 19.1. The Morgan fingerprint density at radius 2 is 1.68 bits per heavy atom. The molecule has 0 aliphatic rings. The molecule has 2 aromatic rings. The highest BCUT2D eigenvalue weighted by Gasteiger charge is 2.04. The maximum atomic E-state index is 12.8. The average molecular weight is 345 g/mol. The van der Waals surface area contributed by atoms with Gasteiger partial charge in [0.25, 0.3) is 0 Å². The Morgan fingerprint density at radius 3 is 2.28 bits per heavy atom. The molecule has 25 heavy (non-hydrogen) atoms. The molecule has 0 heterocycles. The lowest BCUT2D eigenvalue weighted by atomic mass is 10.2. The van der Waals surface area contributed by atoms with E-state index < -0.39 is 0 Å². The van der Waals surface area contributed by atoms with Gasteiger partial charge >= 0.3 is 6.03 Å². The maximum absolute atomic E-state index is 12.8. The van der Waals surface area contributed by atoms with Crippen molar-refractivity contribution in [2.24, 2.45) is 0 Å². The molecule has 0 fully saturated rings. The largest absolute Gasteiger partial charge is 0.492 e. The second kappa shape index (κ2) is 9.52. The summed E-state index contributed by atoms with van der Waals surface area (Å²) in [5.74, 6) is 0.257. The summed E-state index contributed by atoms with van der Waals surface area (Å²) in [5, 5.41) is 5.49. The summed E-state index contributed by atoms with van der Waals surface area (Å²) in [4.78, 5) is 14.1. The van der Waals surface area contributed by atoms with Gasteiger partial charge in [0.2, 0.25) is 0 Å². The van der Waals surface area contributed by atoms with Gasteiger partial charge in [-0.2, -0.15) is 0 Å². The van der Waals surface area contributed by atoms with Crippen molar-refractivity contribution >= 4 is 17.4 Å². The quantitative estimate of drug-likeness (QED) is 0.714. The van der Waals surface area contributed by atoms with Crippen LogP contribution in [0.4, 0.5) is 20.6 Å². The molecule has 6 heteroatoms. The molecular weight excluding hydrogens is 321 g/mol. The highest BCUT2D eigenvalue weighted by Crippen LogP contribution is 2.17. The lowest BCUT2D eigenvalue weighted by Crippen LogP contribution is -2.32. The van der Waals surface area contributed by atoms with Crippen LogP contribution in [0.15, 0.2) is 48.5 Å². The zero-order valence-corrected chi connectivity index (χ0v) is 14.6. The lowest BCUT2D eigenvalue weighted by Gasteiger charge is -2.21. The molecule has 2 amide bonds. The number of hydrogen-bond acceptors (Lipinski definition) is 3. The zero-order chi connectivity index (χ0) is 18.1. The molecule has 0 bridgehead atoms. The predicted octanol–water partition coefficient (Wildman–Crippen LogP) is 3.87. The fraction of sp³-hybridized carbons (Fsp3) is 0.316. The number of halogens is 1. The minimum Gasteiger partial charge on any atom is -0.492 e. The van der Waals surface area contributed by atoms with Crippen molar-refractivity contribution in [3.8, 4) is 5.75 Å². The van der Waals surface area contributed by atoms with Crippen molar-refractivity contribution in [1.29, 1.82) is 0 Å². The molecule has 0 aliphatic carbocycles. The molecule has 0 saturated carbocycles. The van der Waals surface area contributed by atoms with Crippen LogP contribution < -0.4 is 20.3 Å². The van der Waals surface area contributed by atoms with Crippen molar-refractivity contribution in [1.82, 2.24) is 5.32 Å². The SMILES string of the molecule is CCN(CC)c1ccc(NC(=O)NCCOc2ccc(F)cc2)cc1. The minimum atomic E-state index is -0.308. The number of rotatable bonds is 8. The van der Waals surface area contributed by atoms with E-state index in [4.69, 9.17) is 4.74 Å². The second-order valence-corrected chi connectivity index (χ2v) is 5.40. The number of carbonyl (C=O) groups is 1. The third kappa shape index (κ3) is 5.99. The fourth-order valence-electron chi connectivity index (χ4n) is 2.38. The van der Waals surface area contributed by atoms with Crippen LogP contribution in [0, 0.1) is 5.82 Å². The van der Waals surface area contributed by atoms with Crippen molar-refractivity contribution < 1.29 is 13.9 Å². The van der Waals surface area contributed by atoms with Crippen molar-refractivity contribution in [2.45, 2.75) is 13.8 Å². The molecular formula is C19H24FN3O2. The Hall–Kier alpha value is -2.76. The normalized spacial score (nSPS) is 10.2. The van der Waals surface area contributed by atoms with E-state index in [1.807, 2.05) is 24.3 Å². The minimum absolute atomic E-state index is 0.293. The van der Waals surface area contributed by atoms with E-state index in [0.717, 1.165) is 24.5 Å². The number of nitrogens with one attached hydrogen (secondary N) is 2.